The number of rotatable bonds is 2. The highest BCUT2D eigenvalue weighted by molar-refractivity contribution is 8.93. The molecule has 2 unspecified atom stereocenters. The van der Waals surface area contributed by atoms with Gasteiger partial charge in [0.05, 0.1) is 0 Å². The first-order valence-electron chi connectivity index (χ1n) is 3.44. The lowest BCUT2D eigenvalue weighted by molar-refractivity contribution is 0.969. The molecule has 2 heteroatoms. The Labute approximate surface area is 81.4 Å². The highest BCUT2D eigenvalue weighted by atomic mass is 79.9. The van der Waals surface area contributed by atoms with E-state index in [9.17, 15) is 0 Å². The molecule has 0 aliphatic rings. The van der Waals surface area contributed by atoms with Crippen LogP contribution >= 0.6 is 26.2 Å². The maximum atomic E-state index is 3.84. The Morgan fingerprint density at radius 1 is 1.27 bits per heavy atom. The van der Waals surface area contributed by atoms with E-state index < -0.39 is 0 Å². The van der Waals surface area contributed by atoms with E-state index >= 15 is 0 Å². The van der Waals surface area contributed by atoms with Crippen molar-refractivity contribution in [2.45, 2.75) is 12.1 Å². The third kappa shape index (κ3) is 3.35. The van der Waals surface area contributed by atoms with E-state index in [2.05, 4.69) is 40.4 Å². The van der Waals surface area contributed by atoms with E-state index in [0.717, 1.165) is 6.42 Å². The summed E-state index contributed by atoms with van der Waals surface area (Å²) in [7, 11) is 2.79. The molecule has 0 amide bonds. The zero-order valence-electron chi connectivity index (χ0n) is 6.36. The average Bonchev–Trinajstić information content (AvgIpc) is 2.05. The largest absolute Gasteiger partial charge is 0.130 e. The van der Waals surface area contributed by atoms with Crippen LogP contribution in [0.15, 0.2) is 30.3 Å². The quantitative estimate of drug-likeness (QED) is 0.685. The Kier molecular flexibility index (Phi) is 5.81. The van der Waals surface area contributed by atoms with Crippen molar-refractivity contribution < 1.29 is 0 Å². The fourth-order valence-corrected chi connectivity index (χ4v) is 1.09. The molecule has 0 aromatic heterocycles. The molecule has 0 bridgehead atoms. The lowest BCUT2D eigenvalue weighted by Gasteiger charge is -2.06. The summed E-state index contributed by atoms with van der Waals surface area (Å²) in [6.07, 6.45) is 0.939. The third-order valence-electron chi connectivity index (χ3n) is 1.54. The van der Waals surface area contributed by atoms with Gasteiger partial charge in [0.15, 0.2) is 0 Å². The van der Waals surface area contributed by atoms with Gasteiger partial charge in [0.25, 0.3) is 0 Å². The van der Waals surface area contributed by atoms with Crippen molar-refractivity contribution in [1.29, 1.82) is 0 Å². The van der Waals surface area contributed by atoms with Crippen LogP contribution in [-0.4, -0.2) is 0 Å². The third-order valence-corrected chi connectivity index (χ3v) is 2.26. The summed E-state index contributed by atoms with van der Waals surface area (Å²) in [6, 6.07) is 10.4. The van der Waals surface area contributed by atoms with Gasteiger partial charge < -0.3 is 0 Å². The summed E-state index contributed by atoms with van der Waals surface area (Å²) in [4.78, 5) is 0. The maximum Gasteiger partial charge on any atom is -0.00146 e. The molecule has 1 radical (unpaired) electrons. The van der Waals surface area contributed by atoms with Gasteiger partial charge in [-0.15, -0.1) is 26.2 Å². The minimum atomic E-state index is 0. The topological polar surface area (TPSA) is 0 Å². The molecule has 1 aromatic rings. The first-order valence-corrected chi connectivity index (χ1v) is 4.11. The lowest BCUT2D eigenvalue weighted by atomic mass is 10.1. The Morgan fingerprint density at radius 3 is 2.27 bits per heavy atom. The van der Waals surface area contributed by atoms with E-state index in [0.29, 0.717) is 5.66 Å². The van der Waals surface area contributed by atoms with Crippen LogP contribution in [0.4, 0.5) is 0 Å². The van der Waals surface area contributed by atoms with Gasteiger partial charge in [0, 0.05) is 0 Å². The molecule has 0 N–H and O–H groups in total. The second kappa shape index (κ2) is 5.74. The Bertz CT molecular complexity index is 186. The van der Waals surface area contributed by atoms with E-state index in [1.807, 2.05) is 6.07 Å². The highest BCUT2D eigenvalue weighted by Gasteiger charge is 1.99. The van der Waals surface area contributed by atoms with E-state index in [-0.39, 0.29) is 17.0 Å². The minimum Gasteiger partial charge on any atom is -0.130 e. The minimum absolute atomic E-state index is 0. The van der Waals surface area contributed by atoms with Gasteiger partial charge in [0.1, 0.15) is 0 Å². The SMILES string of the molecule is Br.[CH2]CC(P)c1ccccc1. The summed E-state index contributed by atoms with van der Waals surface area (Å²) in [5.41, 5.74) is 1.86. The van der Waals surface area contributed by atoms with Gasteiger partial charge >= 0.3 is 0 Å². The van der Waals surface area contributed by atoms with Gasteiger partial charge in [-0.3, -0.25) is 0 Å². The van der Waals surface area contributed by atoms with Crippen LogP contribution in [-0.2, 0) is 0 Å². The molecule has 2 atom stereocenters. The number of hydrogen-bond donors (Lipinski definition) is 0. The Morgan fingerprint density at radius 2 is 1.82 bits per heavy atom. The first-order chi connectivity index (χ1) is 4.84. The van der Waals surface area contributed by atoms with Crippen LogP contribution in [0.5, 0.6) is 0 Å². The molecule has 1 rings (SSSR count). The fraction of sp³-hybridized carbons (Fsp3) is 0.222. The fourth-order valence-electron chi connectivity index (χ4n) is 0.867. The predicted octanol–water partition coefficient (Wildman–Crippen LogP) is 3.40. The van der Waals surface area contributed by atoms with Crippen LogP contribution in [0, 0.1) is 6.92 Å². The molecule has 0 saturated heterocycles. The van der Waals surface area contributed by atoms with Crippen LogP contribution in [0.25, 0.3) is 0 Å². The standard InChI is InChI=1S/C9H12P.BrH/c1-2-9(10)8-6-4-3-5-7-8;/h3-7,9H,1-2,10H2;1H. The van der Waals surface area contributed by atoms with Crippen molar-refractivity contribution in [2.75, 3.05) is 0 Å². The molecule has 0 spiro atoms. The van der Waals surface area contributed by atoms with Gasteiger partial charge in [-0.2, -0.15) is 0 Å². The first kappa shape index (κ1) is 11.1. The van der Waals surface area contributed by atoms with E-state index in [1.54, 1.807) is 0 Å². The molecular formula is C9H13BrP. The van der Waals surface area contributed by atoms with Crippen LogP contribution < -0.4 is 0 Å². The van der Waals surface area contributed by atoms with Crippen molar-refractivity contribution in [3.05, 3.63) is 42.8 Å². The molecule has 61 valence electrons. The molecular weight excluding hydrogens is 219 g/mol. The second-order valence-corrected chi connectivity index (χ2v) is 3.11. The average molecular weight is 232 g/mol. The highest BCUT2D eigenvalue weighted by Crippen LogP contribution is 2.24. The second-order valence-electron chi connectivity index (χ2n) is 2.31. The lowest BCUT2D eigenvalue weighted by Crippen LogP contribution is -1.84. The van der Waals surface area contributed by atoms with Crippen molar-refractivity contribution in [3.8, 4) is 0 Å². The summed E-state index contributed by atoms with van der Waals surface area (Å²) < 4.78 is 0. The number of halogens is 1. The summed E-state index contributed by atoms with van der Waals surface area (Å²) >= 11 is 0. The van der Waals surface area contributed by atoms with Gasteiger partial charge in [-0.25, -0.2) is 0 Å². The van der Waals surface area contributed by atoms with Gasteiger partial charge in [-0.1, -0.05) is 37.3 Å². The Balaban J connectivity index is 0.000001000. The smallest absolute Gasteiger partial charge is 0.00146 e. The zero-order chi connectivity index (χ0) is 7.40. The van der Waals surface area contributed by atoms with E-state index in [1.165, 1.54) is 5.56 Å². The molecule has 1 aromatic carbocycles. The van der Waals surface area contributed by atoms with E-state index in [4.69, 9.17) is 0 Å². The Hall–Kier alpha value is 0.130. The molecule has 0 nitrogen and oxygen atoms in total. The van der Waals surface area contributed by atoms with Crippen molar-refractivity contribution in [2.24, 2.45) is 0 Å². The summed E-state index contributed by atoms with van der Waals surface area (Å²) in [6.45, 7) is 3.84. The van der Waals surface area contributed by atoms with Crippen molar-refractivity contribution >= 4 is 26.2 Å². The molecule has 0 aliphatic carbocycles. The van der Waals surface area contributed by atoms with Crippen molar-refractivity contribution in [1.82, 2.24) is 0 Å². The predicted molar refractivity (Wildman–Crippen MR) is 59.2 cm³/mol. The normalized spacial score (nSPS) is 11.8. The molecule has 0 heterocycles. The monoisotopic (exact) mass is 231 g/mol. The van der Waals surface area contributed by atoms with Gasteiger partial charge in [0.2, 0.25) is 0 Å². The van der Waals surface area contributed by atoms with Crippen LogP contribution in [0.2, 0.25) is 0 Å². The molecule has 0 saturated carbocycles. The molecule has 11 heavy (non-hydrogen) atoms. The maximum absolute atomic E-state index is 3.84. The van der Waals surface area contributed by atoms with Crippen LogP contribution in [0.1, 0.15) is 17.6 Å². The number of hydrogen-bond acceptors (Lipinski definition) is 0. The zero-order valence-corrected chi connectivity index (χ0v) is 9.23. The van der Waals surface area contributed by atoms with Crippen LogP contribution in [0.3, 0.4) is 0 Å². The summed E-state index contributed by atoms with van der Waals surface area (Å²) in [5.74, 6) is 0. The van der Waals surface area contributed by atoms with Crippen molar-refractivity contribution in [3.63, 3.8) is 0 Å². The van der Waals surface area contributed by atoms with Gasteiger partial charge in [-0.05, 0) is 17.6 Å². The summed E-state index contributed by atoms with van der Waals surface area (Å²) in [5, 5.41) is 0. The molecule has 0 fully saturated rings. The number of benzene rings is 1. The molecule has 0 aliphatic heterocycles.